The first-order valence-corrected chi connectivity index (χ1v) is 8.72. The van der Waals surface area contributed by atoms with E-state index in [4.69, 9.17) is 4.42 Å². The van der Waals surface area contributed by atoms with Crippen LogP contribution in [0.4, 0.5) is 14.8 Å². The van der Waals surface area contributed by atoms with E-state index in [0.717, 1.165) is 5.56 Å². The van der Waals surface area contributed by atoms with Crippen molar-refractivity contribution in [3.63, 3.8) is 0 Å². The van der Waals surface area contributed by atoms with Crippen molar-refractivity contribution in [3.05, 3.63) is 30.3 Å². The molecule has 1 aliphatic heterocycles. The van der Waals surface area contributed by atoms with Crippen molar-refractivity contribution in [3.8, 4) is 11.5 Å². The number of aromatic nitrogens is 2. The molecular weight excluding hydrogens is 342 g/mol. The van der Waals surface area contributed by atoms with Gasteiger partial charge in [-0.25, -0.2) is 8.78 Å². The number of carbonyl (C=O) groups is 1. The minimum absolute atomic E-state index is 0. The van der Waals surface area contributed by atoms with Gasteiger partial charge in [-0.3, -0.25) is 4.79 Å². The second-order valence-corrected chi connectivity index (χ2v) is 7.14. The van der Waals surface area contributed by atoms with E-state index in [1.54, 1.807) is 6.92 Å². The second kappa shape index (κ2) is 6.03. The number of hydrogen-bond donors (Lipinski definition) is 1. The summed E-state index contributed by atoms with van der Waals surface area (Å²) in [6, 6.07) is 8.78. The summed E-state index contributed by atoms with van der Waals surface area (Å²) < 4.78 is 33.3. The van der Waals surface area contributed by atoms with Crippen LogP contribution in [0.15, 0.2) is 34.7 Å². The van der Waals surface area contributed by atoms with Gasteiger partial charge in [0.25, 0.3) is 5.92 Å². The number of nitrogens with one attached hydrogen (secondary N) is 1. The molecule has 6 nitrogen and oxygen atoms in total. The molecule has 2 aromatic rings. The molecule has 26 heavy (non-hydrogen) atoms. The number of halogens is 2. The van der Waals surface area contributed by atoms with E-state index in [-0.39, 0.29) is 26.3 Å². The average Bonchev–Trinajstić information content (AvgIpc) is 3.29. The number of benzene rings is 1. The maximum Gasteiger partial charge on any atom is 0.316 e. The first-order chi connectivity index (χ1) is 12.4. The van der Waals surface area contributed by atoms with E-state index in [0.29, 0.717) is 25.3 Å². The van der Waals surface area contributed by atoms with Crippen LogP contribution in [-0.4, -0.2) is 46.1 Å². The summed E-state index contributed by atoms with van der Waals surface area (Å²) in [5, 5.41) is 10.7. The summed E-state index contributed by atoms with van der Waals surface area (Å²) >= 11 is 0. The molecule has 1 unspecified atom stereocenters. The van der Waals surface area contributed by atoms with Gasteiger partial charge in [0.05, 0.1) is 5.41 Å². The molecule has 1 aromatic carbocycles. The second-order valence-electron chi connectivity index (χ2n) is 7.14. The van der Waals surface area contributed by atoms with Crippen LogP contribution in [-0.2, 0) is 4.79 Å². The van der Waals surface area contributed by atoms with E-state index < -0.39 is 17.4 Å². The molecule has 2 fully saturated rings. The molecule has 1 saturated carbocycles. The van der Waals surface area contributed by atoms with E-state index in [2.05, 4.69) is 15.5 Å². The molecule has 1 N–H and O–H groups in total. The van der Waals surface area contributed by atoms with Gasteiger partial charge < -0.3 is 14.6 Å². The van der Waals surface area contributed by atoms with Crippen molar-refractivity contribution < 1.29 is 19.4 Å². The average molecular weight is 364 g/mol. The van der Waals surface area contributed by atoms with Gasteiger partial charge in [0.2, 0.25) is 11.8 Å². The number of rotatable bonds is 4. The molecule has 1 spiro atoms. The van der Waals surface area contributed by atoms with Crippen molar-refractivity contribution in [1.29, 1.82) is 0 Å². The van der Waals surface area contributed by atoms with E-state index in [9.17, 15) is 13.6 Å². The Labute approximate surface area is 151 Å². The lowest BCUT2D eigenvalue weighted by molar-refractivity contribution is -0.195. The normalized spacial score (nSPS) is 25.1. The highest BCUT2D eigenvalue weighted by molar-refractivity contribution is 5.84. The van der Waals surface area contributed by atoms with Crippen molar-refractivity contribution in [2.24, 2.45) is 5.41 Å². The van der Waals surface area contributed by atoms with Gasteiger partial charge in [0.15, 0.2) is 0 Å². The molecule has 2 aliphatic rings. The molecule has 2 heterocycles. The van der Waals surface area contributed by atoms with Crippen LogP contribution in [0.1, 0.15) is 27.6 Å². The van der Waals surface area contributed by atoms with Crippen LogP contribution in [0.2, 0.25) is 0 Å². The summed E-state index contributed by atoms with van der Waals surface area (Å²) in [4.78, 5) is 14.1. The molecule has 1 amide bonds. The van der Waals surface area contributed by atoms with E-state index in [1.165, 1.54) is 4.90 Å². The molecule has 8 heteroatoms. The Morgan fingerprint density at radius 2 is 2.04 bits per heavy atom. The monoisotopic (exact) mass is 364 g/mol. The highest BCUT2D eigenvalue weighted by atomic mass is 19.3. The smallest absolute Gasteiger partial charge is 0.316 e. The van der Waals surface area contributed by atoms with Gasteiger partial charge >= 0.3 is 6.01 Å². The molecular formula is C18H22F2N4O2. The predicted octanol–water partition coefficient (Wildman–Crippen LogP) is 3.43. The van der Waals surface area contributed by atoms with Crippen LogP contribution >= 0.6 is 0 Å². The Balaban J connectivity index is 0.00000210. The minimum atomic E-state index is -2.66. The summed E-state index contributed by atoms with van der Waals surface area (Å²) in [5.41, 5.74) is -0.242. The largest absolute Gasteiger partial charge is 0.403 e. The van der Waals surface area contributed by atoms with Crippen LogP contribution in [0.25, 0.3) is 11.5 Å². The Morgan fingerprint density at radius 3 is 2.65 bits per heavy atom. The lowest BCUT2D eigenvalue weighted by Gasteiger charge is -2.46. The molecule has 4 rings (SSSR count). The van der Waals surface area contributed by atoms with E-state index in [1.807, 2.05) is 30.3 Å². The molecule has 0 bridgehead atoms. The van der Waals surface area contributed by atoms with Crippen LogP contribution in [0.3, 0.4) is 0 Å². The minimum Gasteiger partial charge on any atom is -0.403 e. The lowest BCUT2D eigenvalue weighted by Crippen LogP contribution is -2.53. The SMILES string of the molecule is C[C@H](Nc1nnc(-c2ccccc2)o1)C(=O)N1CCC2(CCC2(F)F)C1.[HH]. The maximum absolute atomic E-state index is 13.9. The number of alkyl halides is 2. The number of anilines is 1. The molecule has 0 radical (unpaired) electrons. The Bertz CT molecular complexity index is 817. The molecule has 1 aromatic heterocycles. The number of carbonyl (C=O) groups excluding carboxylic acids is 1. The Kier molecular flexibility index (Phi) is 3.93. The lowest BCUT2D eigenvalue weighted by atomic mass is 9.64. The highest BCUT2D eigenvalue weighted by Gasteiger charge is 2.64. The predicted molar refractivity (Wildman–Crippen MR) is 92.7 cm³/mol. The zero-order valence-electron chi connectivity index (χ0n) is 14.4. The molecule has 2 atom stereocenters. The Hall–Kier alpha value is -2.51. The maximum atomic E-state index is 13.9. The molecule has 1 aliphatic carbocycles. The first-order valence-electron chi connectivity index (χ1n) is 8.72. The fraction of sp³-hybridized carbons (Fsp3) is 0.500. The fourth-order valence-electron chi connectivity index (χ4n) is 3.73. The number of amides is 1. The fourth-order valence-corrected chi connectivity index (χ4v) is 3.73. The summed E-state index contributed by atoms with van der Waals surface area (Å²) in [5.74, 6) is -2.54. The van der Waals surface area contributed by atoms with Crippen LogP contribution in [0.5, 0.6) is 0 Å². The third-order valence-corrected chi connectivity index (χ3v) is 5.52. The van der Waals surface area contributed by atoms with Crippen molar-refractivity contribution >= 4 is 11.9 Å². The highest BCUT2D eigenvalue weighted by Crippen LogP contribution is 2.58. The van der Waals surface area contributed by atoms with Gasteiger partial charge in [0, 0.05) is 26.5 Å². The zero-order valence-corrected chi connectivity index (χ0v) is 14.4. The van der Waals surface area contributed by atoms with Crippen molar-refractivity contribution in [2.75, 3.05) is 18.4 Å². The number of likely N-dealkylation sites (tertiary alicyclic amines) is 1. The van der Waals surface area contributed by atoms with Gasteiger partial charge in [-0.05, 0) is 31.9 Å². The quantitative estimate of drug-likeness (QED) is 0.900. The summed E-state index contributed by atoms with van der Waals surface area (Å²) in [6.45, 7) is 2.14. The van der Waals surface area contributed by atoms with Gasteiger partial charge in [0.1, 0.15) is 6.04 Å². The van der Waals surface area contributed by atoms with E-state index >= 15 is 0 Å². The Morgan fingerprint density at radius 1 is 1.27 bits per heavy atom. The summed E-state index contributed by atoms with van der Waals surface area (Å²) in [6.07, 6.45) is 0.764. The molecule has 140 valence electrons. The van der Waals surface area contributed by atoms with Gasteiger partial charge in [-0.15, -0.1) is 5.10 Å². The van der Waals surface area contributed by atoms with Gasteiger partial charge in [-0.2, -0.15) is 0 Å². The third kappa shape index (κ3) is 2.73. The zero-order chi connectivity index (χ0) is 18.4. The van der Waals surface area contributed by atoms with Crippen LogP contribution in [0, 0.1) is 5.41 Å². The van der Waals surface area contributed by atoms with Gasteiger partial charge in [-0.1, -0.05) is 23.3 Å². The molecule has 1 saturated heterocycles. The number of nitrogens with zero attached hydrogens (tertiary/aromatic N) is 3. The summed E-state index contributed by atoms with van der Waals surface area (Å²) in [7, 11) is 0. The topological polar surface area (TPSA) is 71.3 Å². The number of hydrogen-bond acceptors (Lipinski definition) is 5. The standard InChI is InChI=1S/C18H20F2N4O2.H2/c1-12(15(25)24-10-9-17(11-24)7-8-18(17,19)20)21-16-23-22-14(26-16)13-5-3-2-4-6-13;/h2-6,12H,7-11H2,1H3,(H,21,23);1H/t12-,17?;/m0./s1. The van der Waals surface area contributed by atoms with Crippen LogP contribution < -0.4 is 5.32 Å². The third-order valence-electron chi connectivity index (χ3n) is 5.52. The van der Waals surface area contributed by atoms with Crippen molar-refractivity contribution in [1.82, 2.24) is 15.1 Å². The first kappa shape index (κ1) is 16.9. The van der Waals surface area contributed by atoms with Crippen molar-refractivity contribution in [2.45, 2.75) is 38.2 Å².